The second-order valence-corrected chi connectivity index (χ2v) is 5.62. The minimum absolute atomic E-state index is 0.0705. The monoisotopic (exact) mass is 314 g/mol. The average molecular weight is 314 g/mol. The van der Waals surface area contributed by atoms with Crippen molar-refractivity contribution in [3.05, 3.63) is 35.4 Å². The lowest BCUT2D eigenvalue weighted by atomic mass is 10.1. The highest BCUT2D eigenvalue weighted by molar-refractivity contribution is 5.77. The van der Waals surface area contributed by atoms with E-state index < -0.39 is 0 Å². The van der Waals surface area contributed by atoms with Gasteiger partial charge in [0.2, 0.25) is 11.8 Å². The molecule has 0 aliphatic carbocycles. The third-order valence-electron chi connectivity index (χ3n) is 4.01. The van der Waals surface area contributed by atoms with Gasteiger partial charge in [-0.15, -0.1) is 0 Å². The van der Waals surface area contributed by atoms with Crippen LogP contribution in [0, 0.1) is 11.3 Å². The SMILES string of the molecule is CC(=O)N1CCN(C(=O)CCNCc2ccc(C#N)cc2)CC1. The second kappa shape index (κ2) is 8.30. The van der Waals surface area contributed by atoms with Crippen molar-refractivity contribution in [3.63, 3.8) is 0 Å². The lowest BCUT2D eigenvalue weighted by Gasteiger charge is -2.34. The molecule has 0 spiro atoms. The summed E-state index contributed by atoms with van der Waals surface area (Å²) in [6.45, 7) is 5.34. The Balaban J connectivity index is 1.65. The van der Waals surface area contributed by atoms with Gasteiger partial charge in [-0.1, -0.05) is 12.1 Å². The molecule has 122 valence electrons. The predicted molar refractivity (Wildman–Crippen MR) is 86.3 cm³/mol. The van der Waals surface area contributed by atoms with Crippen LogP contribution in [0.15, 0.2) is 24.3 Å². The Morgan fingerprint density at radius 2 is 1.74 bits per heavy atom. The Kier molecular flexibility index (Phi) is 6.12. The molecule has 1 heterocycles. The smallest absolute Gasteiger partial charge is 0.223 e. The van der Waals surface area contributed by atoms with Crippen molar-refractivity contribution in [1.82, 2.24) is 15.1 Å². The molecule has 1 fully saturated rings. The fraction of sp³-hybridized carbons (Fsp3) is 0.471. The van der Waals surface area contributed by atoms with E-state index in [1.54, 1.807) is 24.0 Å². The number of nitrogens with one attached hydrogen (secondary N) is 1. The quantitative estimate of drug-likeness (QED) is 0.813. The van der Waals surface area contributed by atoms with Gasteiger partial charge in [-0.05, 0) is 17.7 Å². The van der Waals surface area contributed by atoms with Crippen molar-refractivity contribution >= 4 is 11.8 Å². The highest BCUT2D eigenvalue weighted by Gasteiger charge is 2.21. The summed E-state index contributed by atoms with van der Waals surface area (Å²) < 4.78 is 0. The van der Waals surface area contributed by atoms with Crippen molar-refractivity contribution in [1.29, 1.82) is 5.26 Å². The van der Waals surface area contributed by atoms with E-state index in [4.69, 9.17) is 5.26 Å². The molecule has 1 aromatic rings. The Bertz CT molecular complexity index is 584. The lowest BCUT2D eigenvalue weighted by Crippen LogP contribution is -2.50. The maximum absolute atomic E-state index is 12.1. The fourth-order valence-corrected chi connectivity index (χ4v) is 2.55. The van der Waals surface area contributed by atoms with Crippen LogP contribution in [0.2, 0.25) is 0 Å². The number of nitrogens with zero attached hydrogens (tertiary/aromatic N) is 3. The molecule has 0 unspecified atom stereocenters. The van der Waals surface area contributed by atoms with Crippen LogP contribution in [-0.2, 0) is 16.1 Å². The molecular weight excluding hydrogens is 292 g/mol. The van der Waals surface area contributed by atoms with Crippen molar-refractivity contribution in [2.24, 2.45) is 0 Å². The standard InChI is InChI=1S/C17H22N4O2/c1-14(22)20-8-10-21(11-9-20)17(23)6-7-19-13-16-4-2-15(12-18)3-5-16/h2-5,19H,6-11,13H2,1H3. The molecule has 0 aromatic heterocycles. The van der Waals surface area contributed by atoms with Crippen molar-refractivity contribution in [2.45, 2.75) is 19.9 Å². The van der Waals surface area contributed by atoms with E-state index in [1.165, 1.54) is 0 Å². The van der Waals surface area contributed by atoms with Crippen LogP contribution in [-0.4, -0.2) is 54.3 Å². The van der Waals surface area contributed by atoms with Gasteiger partial charge in [-0.2, -0.15) is 5.26 Å². The molecule has 0 bridgehead atoms. The molecule has 1 N–H and O–H groups in total. The molecule has 23 heavy (non-hydrogen) atoms. The summed E-state index contributed by atoms with van der Waals surface area (Å²) in [5.74, 6) is 0.196. The van der Waals surface area contributed by atoms with Crippen LogP contribution in [0.1, 0.15) is 24.5 Å². The molecule has 1 aromatic carbocycles. The minimum atomic E-state index is 0.0705. The van der Waals surface area contributed by atoms with Crippen molar-refractivity contribution in [2.75, 3.05) is 32.7 Å². The topological polar surface area (TPSA) is 76.4 Å². The van der Waals surface area contributed by atoms with E-state index in [0.29, 0.717) is 51.3 Å². The van der Waals surface area contributed by atoms with E-state index in [-0.39, 0.29) is 11.8 Å². The van der Waals surface area contributed by atoms with Crippen LogP contribution in [0.25, 0.3) is 0 Å². The van der Waals surface area contributed by atoms with E-state index in [0.717, 1.165) is 5.56 Å². The molecule has 0 radical (unpaired) electrons. The van der Waals surface area contributed by atoms with E-state index in [2.05, 4.69) is 11.4 Å². The largest absolute Gasteiger partial charge is 0.339 e. The highest BCUT2D eigenvalue weighted by atomic mass is 16.2. The van der Waals surface area contributed by atoms with Crippen LogP contribution in [0.5, 0.6) is 0 Å². The number of nitriles is 1. The Morgan fingerprint density at radius 1 is 1.13 bits per heavy atom. The molecule has 6 nitrogen and oxygen atoms in total. The molecule has 1 aliphatic rings. The zero-order valence-electron chi connectivity index (χ0n) is 13.4. The van der Waals surface area contributed by atoms with Gasteiger partial charge in [-0.3, -0.25) is 9.59 Å². The van der Waals surface area contributed by atoms with Crippen LogP contribution in [0.4, 0.5) is 0 Å². The van der Waals surface area contributed by atoms with Gasteiger partial charge in [0, 0.05) is 52.6 Å². The van der Waals surface area contributed by atoms with Crippen LogP contribution >= 0.6 is 0 Å². The molecule has 1 saturated heterocycles. The molecule has 2 amide bonds. The Hall–Kier alpha value is -2.39. The second-order valence-electron chi connectivity index (χ2n) is 5.62. The molecule has 0 atom stereocenters. The molecule has 2 rings (SSSR count). The molecule has 1 aliphatic heterocycles. The first-order valence-electron chi connectivity index (χ1n) is 7.83. The maximum Gasteiger partial charge on any atom is 0.223 e. The first-order valence-corrected chi connectivity index (χ1v) is 7.83. The summed E-state index contributed by atoms with van der Waals surface area (Å²) >= 11 is 0. The highest BCUT2D eigenvalue weighted by Crippen LogP contribution is 2.05. The number of hydrogen-bond donors (Lipinski definition) is 1. The summed E-state index contributed by atoms with van der Waals surface area (Å²) in [5, 5.41) is 12.0. The summed E-state index contributed by atoms with van der Waals surface area (Å²) in [5.41, 5.74) is 1.74. The van der Waals surface area contributed by atoms with Gasteiger partial charge >= 0.3 is 0 Å². The first kappa shape index (κ1) is 17.0. The van der Waals surface area contributed by atoms with Gasteiger partial charge in [0.15, 0.2) is 0 Å². The normalized spacial score (nSPS) is 14.4. The van der Waals surface area contributed by atoms with Gasteiger partial charge in [0.1, 0.15) is 0 Å². The van der Waals surface area contributed by atoms with E-state index in [9.17, 15) is 9.59 Å². The fourth-order valence-electron chi connectivity index (χ4n) is 2.55. The Labute approximate surface area is 136 Å². The third kappa shape index (κ3) is 5.08. The van der Waals surface area contributed by atoms with Gasteiger partial charge in [0.05, 0.1) is 11.6 Å². The lowest BCUT2D eigenvalue weighted by molar-refractivity contribution is -0.138. The van der Waals surface area contributed by atoms with Gasteiger partial charge < -0.3 is 15.1 Å². The summed E-state index contributed by atoms with van der Waals surface area (Å²) in [7, 11) is 0. The number of benzene rings is 1. The first-order chi connectivity index (χ1) is 11.1. The molecular formula is C17H22N4O2. The van der Waals surface area contributed by atoms with E-state index >= 15 is 0 Å². The summed E-state index contributed by atoms with van der Waals surface area (Å²) in [6.07, 6.45) is 0.455. The van der Waals surface area contributed by atoms with Gasteiger partial charge in [0.25, 0.3) is 0 Å². The number of rotatable bonds is 5. The summed E-state index contributed by atoms with van der Waals surface area (Å²) in [4.78, 5) is 27.0. The predicted octanol–water partition coefficient (Wildman–Crippen LogP) is 0.729. The number of hydrogen-bond acceptors (Lipinski definition) is 4. The number of piperazine rings is 1. The minimum Gasteiger partial charge on any atom is -0.339 e. The zero-order valence-corrected chi connectivity index (χ0v) is 13.4. The van der Waals surface area contributed by atoms with Crippen LogP contribution in [0.3, 0.4) is 0 Å². The average Bonchev–Trinajstić information content (AvgIpc) is 2.59. The van der Waals surface area contributed by atoms with Crippen LogP contribution < -0.4 is 5.32 Å². The van der Waals surface area contributed by atoms with Crippen molar-refractivity contribution in [3.8, 4) is 6.07 Å². The maximum atomic E-state index is 12.1. The number of carbonyl (C=O) groups is 2. The zero-order chi connectivity index (χ0) is 16.7. The van der Waals surface area contributed by atoms with E-state index in [1.807, 2.05) is 17.0 Å². The summed E-state index contributed by atoms with van der Waals surface area (Å²) in [6, 6.07) is 9.49. The Morgan fingerprint density at radius 3 is 2.30 bits per heavy atom. The molecule has 6 heteroatoms. The van der Waals surface area contributed by atoms with Crippen molar-refractivity contribution < 1.29 is 9.59 Å². The number of amides is 2. The van der Waals surface area contributed by atoms with Gasteiger partial charge in [-0.25, -0.2) is 0 Å². The number of carbonyl (C=O) groups excluding carboxylic acids is 2. The molecule has 0 saturated carbocycles. The third-order valence-corrected chi connectivity index (χ3v) is 4.01.